The van der Waals surface area contributed by atoms with E-state index in [1.54, 1.807) is 18.2 Å². The molecule has 0 radical (unpaired) electrons. The van der Waals surface area contributed by atoms with Crippen molar-refractivity contribution in [2.45, 2.75) is 44.4 Å². The first-order valence-corrected chi connectivity index (χ1v) is 9.30. The SMILES string of the molecule is COc1ccc(C(C2C(=O)CCCC2=O)C2C(=O)CCCC2=O)c(OC)c1. The van der Waals surface area contributed by atoms with E-state index in [0.717, 1.165) is 0 Å². The van der Waals surface area contributed by atoms with Crippen LogP contribution in [0.15, 0.2) is 18.2 Å². The molecule has 27 heavy (non-hydrogen) atoms. The molecule has 6 heteroatoms. The first kappa shape index (κ1) is 19.3. The zero-order valence-electron chi connectivity index (χ0n) is 15.7. The highest BCUT2D eigenvalue weighted by Crippen LogP contribution is 2.44. The van der Waals surface area contributed by atoms with E-state index in [2.05, 4.69) is 0 Å². The van der Waals surface area contributed by atoms with Crippen molar-refractivity contribution in [3.63, 3.8) is 0 Å². The van der Waals surface area contributed by atoms with Crippen molar-refractivity contribution in [1.82, 2.24) is 0 Å². The van der Waals surface area contributed by atoms with E-state index >= 15 is 0 Å². The van der Waals surface area contributed by atoms with Gasteiger partial charge >= 0.3 is 0 Å². The van der Waals surface area contributed by atoms with Crippen LogP contribution in [0, 0.1) is 11.8 Å². The number of carbonyl (C=O) groups is 4. The maximum absolute atomic E-state index is 12.7. The van der Waals surface area contributed by atoms with Crippen LogP contribution in [0.2, 0.25) is 0 Å². The predicted octanol–water partition coefficient (Wildman–Crippen LogP) is 2.66. The highest BCUT2D eigenvalue weighted by atomic mass is 16.5. The quantitative estimate of drug-likeness (QED) is 0.739. The molecule has 0 saturated heterocycles. The van der Waals surface area contributed by atoms with Gasteiger partial charge in [0, 0.05) is 37.7 Å². The summed E-state index contributed by atoms with van der Waals surface area (Å²) in [7, 11) is 3.00. The Hall–Kier alpha value is -2.50. The van der Waals surface area contributed by atoms with Gasteiger partial charge in [0.2, 0.25) is 0 Å². The zero-order chi connectivity index (χ0) is 19.6. The van der Waals surface area contributed by atoms with Crippen LogP contribution in [0.5, 0.6) is 11.5 Å². The van der Waals surface area contributed by atoms with Gasteiger partial charge in [-0.05, 0) is 24.5 Å². The number of hydrogen-bond donors (Lipinski definition) is 0. The molecule has 0 unspecified atom stereocenters. The Labute approximate surface area is 158 Å². The molecule has 6 nitrogen and oxygen atoms in total. The number of carbonyl (C=O) groups excluding carboxylic acids is 4. The molecule has 0 spiro atoms. The molecule has 0 N–H and O–H groups in total. The molecule has 0 amide bonds. The van der Waals surface area contributed by atoms with Gasteiger partial charge in [0.05, 0.1) is 26.1 Å². The van der Waals surface area contributed by atoms with Gasteiger partial charge in [0.15, 0.2) is 0 Å². The van der Waals surface area contributed by atoms with Gasteiger partial charge in [0.1, 0.15) is 34.6 Å². The Morgan fingerprint density at radius 1 is 0.778 bits per heavy atom. The Morgan fingerprint density at radius 2 is 1.26 bits per heavy atom. The summed E-state index contributed by atoms with van der Waals surface area (Å²) in [6.07, 6.45) is 2.21. The fourth-order valence-corrected chi connectivity index (χ4v) is 4.30. The molecule has 144 valence electrons. The monoisotopic (exact) mass is 372 g/mol. The second kappa shape index (κ2) is 8.03. The molecule has 0 bridgehead atoms. The average Bonchev–Trinajstić information content (AvgIpc) is 2.65. The molecule has 1 aromatic rings. The van der Waals surface area contributed by atoms with Crippen LogP contribution in [-0.2, 0) is 19.2 Å². The fraction of sp³-hybridized carbons (Fsp3) is 0.524. The first-order chi connectivity index (χ1) is 13.0. The summed E-state index contributed by atoms with van der Waals surface area (Å²) >= 11 is 0. The van der Waals surface area contributed by atoms with Gasteiger partial charge in [-0.25, -0.2) is 0 Å². The molecule has 2 aliphatic rings. The number of benzene rings is 1. The Morgan fingerprint density at radius 3 is 1.67 bits per heavy atom. The van der Waals surface area contributed by atoms with Crippen LogP contribution in [0.4, 0.5) is 0 Å². The Kier molecular flexibility index (Phi) is 5.73. The zero-order valence-corrected chi connectivity index (χ0v) is 15.7. The fourth-order valence-electron chi connectivity index (χ4n) is 4.30. The normalized spacial score (nSPS) is 19.7. The summed E-state index contributed by atoms with van der Waals surface area (Å²) in [6, 6.07) is 5.05. The third-order valence-corrected chi connectivity index (χ3v) is 5.60. The topological polar surface area (TPSA) is 86.7 Å². The number of rotatable bonds is 5. The van der Waals surface area contributed by atoms with Crippen LogP contribution in [0.25, 0.3) is 0 Å². The summed E-state index contributed by atoms with van der Waals surface area (Å²) in [5.74, 6) is -2.57. The summed E-state index contributed by atoms with van der Waals surface area (Å²) in [4.78, 5) is 50.8. The van der Waals surface area contributed by atoms with Crippen molar-refractivity contribution in [1.29, 1.82) is 0 Å². The largest absolute Gasteiger partial charge is 0.497 e. The smallest absolute Gasteiger partial charge is 0.144 e. The van der Waals surface area contributed by atoms with Gasteiger partial charge in [-0.2, -0.15) is 0 Å². The van der Waals surface area contributed by atoms with Gasteiger partial charge in [-0.15, -0.1) is 0 Å². The van der Waals surface area contributed by atoms with E-state index in [-0.39, 0.29) is 23.1 Å². The molecule has 0 aliphatic heterocycles. The third-order valence-electron chi connectivity index (χ3n) is 5.60. The highest BCUT2D eigenvalue weighted by molar-refractivity contribution is 6.10. The van der Waals surface area contributed by atoms with E-state index < -0.39 is 17.8 Å². The van der Waals surface area contributed by atoms with Crippen molar-refractivity contribution in [2.75, 3.05) is 14.2 Å². The van der Waals surface area contributed by atoms with E-state index in [1.165, 1.54) is 14.2 Å². The van der Waals surface area contributed by atoms with Crippen molar-refractivity contribution < 1.29 is 28.7 Å². The van der Waals surface area contributed by atoms with Crippen LogP contribution < -0.4 is 9.47 Å². The second-order valence-electron chi connectivity index (χ2n) is 7.16. The Bertz CT molecular complexity index is 711. The van der Waals surface area contributed by atoms with E-state index in [1.807, 2.05) is 0 Å². The van der Waals surface area contributed by atoms with Crippen LogP contribution in [-0.4, -0.2) is 37.4 Å². The van der Waals surface area contributed by atoms with Gasteiger partial charge in [-0.1, -0.05) is 6.07 Å². The molecule has 0 heterocycles. The molecular weight excluding hydrogens is 348 g/mol. The number of hydrogen-bond acceptors (Lipinski definition) is 6. The first-order valence-electron chi connectivity index (χ1n) is 9.30. The Balaban J connectivity index is 2.15. The molecule has 2 aliphatic carbocycles. The average molecular weight is 372 g/mol. The minimum Gasteiger partial charge on any atom is -0.497 e. The minimum atomic E-state index is -0.975. The molecule has 3 rings (SSSR count). The standard InChI is InChI=1S/C21H24O6/c1-26-12-9-10-13(18(11-12)27-2)19(20-14(22)5-3-6-15(20)23)21-16(24)7-4-8-17(21)25/h9-11,19-21H,3-8H2,1-2H3. The van der Waals surface area contributed by atoms with Crippen molar-refractivity contribution in [2.24, 2.45) is 11.8 Å². The molecule has 0 aromatic heterocycles. The lowest BCUT2D eigenvalue weighted by Crippen LogP contribution is -2.43. The van der Waals surface area contributed by atoms with Gasteiger partial charge < -0.3 is 9.47 Å². The molecule has 0 atom stereocenters. The second-order valence-corrected chi connectivity index (χ2v) is 7.16. The number of ether oxygens (including phenoxy) is 2. The van der Waals surface area contributed by atoms with Crippen molar-refractivity contribution in [3.8, 4) is 11.5 Å². The van der Waals surface area contributed by atoms with Crippen molar-refractivity contribution in [3.05, 3.63) is 23.8 Å². The van der Waals surface area contributed by atoms with Crippen LogP contribution in [0.1, 0.15) is 50.0 Å². The van der Waals surface area contributed by atoms with Crippen LogP contribution >= 0.6 is 0 Å². The maximum atomic E-state index is 12.7. The van der Waals surface area contributed by atoms with E-state index in [4.69, 9.17) is 9.47 Å². The predicted molar refractivity (Wildman–Crippen MR) is 97.0 cm³/mol. The van der Waals surface area contributed by atoms with Gasteiger partial charge in [0.25, 0.3) is 0 Å². The lowest BCUT2D eigenvalue weighted by Gasteiger charge is -2.35. The van der Waals surface area contributed by atoms with Gasteiger partial charge in [-0.3, -0.25) is 19.2 Å². The summed E-state index contributed by atoms with van der Waals surface area (Å²) in [5, 5.41) is 0. The van der Waals surface area contributed by atoms with E-state index in [0.29, 0.717) is 55.6 Å². The molecule has 1 aromatic carbocycles. The maximum Gasteiger partial charge on any atom is 0.144 e. The number of Topliss-reactive ketones (excluding diaryl/α,β-unsaturated/α-hetero) is 4. The molecule has 2 fully saturated rings. The minimum absolute atomic E-state index is 0.194. The lowest BCUT2D eigenvalue weighted by molar-refractivity contribution is -0.141. The van der Waals surface area contributed by atoms with Crippen LogP contribution in [0.3, 0.4) is 0 Å². The number of methoxy groups -OCH3 is 2. The summed E-state index contributed by atoms with van der Waals surface area (Å²) < 4.78 is 10.7. The lowest BCUT2D eigenvalue weighted by atomic mass is 9.65. The van der Waals surface area contributed by atoms with Crippen molar-refractivity contribution >= 4 is 23.1 Å². The number of ketones is 4. The van der Waals surface area contributed by atoms with E-state index in [9.17, 15) is 19.2 Å². The molecule has 2 saturated carbocycles. The molecular formula is C21H24O6. The third kappa shape index (κ3) is 3.66. The summed E-state index contributed by atoms with van der Waals surface area (Å²) in [6.45, 7) is 0. The summed E-state index contributed by atoms with van der Waals surface area (Å²) in [5.41, 5.74) is 0.542. The highest BCUT2D eigenvalue weighted by Gasteiger charge is 2.48.